The lowest BCUT2D eigenvalue weighted by molar-refractivity contribution is 0.0548. The summed E-state index contributed by atoms with van der Waals surface area (Å²) in [6, 6.07) is 2.38. The number of ether oxygens (including phenoxy) is 1. The van der Waals surface area contributed by atoms with E-state index in [4.69, 9.17) is 10.5 Å². The normalized spacial score (nSPS) is 23.3. The SMILES string of the molecule is NCc1ccn(C2CCCOC2)n1. The van der Waals surface area contributed by atoms with E-state index in [1.165, 1.54) is 0 Å². The van der Waals surface area contributed by atoms with E-state index in [0.29, 0.717) is 12.6 Å². The fourth-order valence-electron chi connectivity index (χ4n) is 1.62. The molecule has 1 aliphatic rings. The van der Waals surface area contributed by atoms with Gasteiger partial charge in [-0.25, -0.2) is 0 Å². The minimum absolute atomic E-state index is 0.411. The van der Waals surface area contributed by atoms with E-state index in [1.54, 1.807) is 0 Å². The molecule has 1 unspecified atom stereocenters. The van der Waals surface area contributed by atoms with Crippen LogP contribution in [0.15, 0.2) is 12.3 Å². The largest absolute Gasteiger partial charge is 0.379 e. The van der Waals surface area contributed by atoms with Crippen LogP contribution in [0.3, 0.4) is 0 Å². The van der Waals surface area contributed by atoms with Gasteiger partial charge in [-0.15, -0.1) is 0 Å². The van der Waals surface area contributed by atoms with E-state index in [-0.39, 0.29) is 0 Å². The molecule has 0 saturated carbocycles. The highest BCUT2D eigenvalue weighted by atomic mass is 16.5. The van der Waals surface area contributed by atoms with Crippen LogP contribution in [0.1, 0.15) is 24.6 Å². The van der Waals surface area contributed by atoms with Crippen molar-refractivity contribution >= 4 is 0 Å². The van der Waals surface area contributed by atoms with Crippen LogP contribution in [0.4, 0.5) is 0 Å². The molecule has 1 atom stereocenters. The molecule has 2 rings (SSSR count). The molecule has 2 N–H and O–H groups in total. The fourth-order valence-corrected chi connectivity index (χ4v) is 1.62. The summed E-state index contributed by atoms with van der Waals surface area (Å²) in [7, 11) is 0. The summed E-state index contributed by atoms with van der Waals surface area (Å²) >= 11 is 0. The molecule has 1 aromatic rings. The highest BCUT2D eigenvalue weighted by molar-refractivity contribution is 4.98. The summed E-state index contributed by atoms with van der Waals surface area (Å²) in [5, 5.41) is 4.36. The highest BCUT2D eigenvalue weighted by Crippen LogP contribution is 2.18. The van der Waals surface area contributed by atoms with Gasteiger partial charge in [0.25, 0.3) is 0 Å². The average Bonchev–Trinajstić information content (AvgIpc) is 2.67. The van der Waals surface area contributed by atoms with Gasteiger partial charge in [-0.2, -0.15) is 5.10 Å². The monoisotopic (exact) mass is 181 g/mol. The molecule has 1 aromatic heterocycles. The Bertz CT molecular complexity index is 266. The third-order valence-electron chi connectivity index (χ3n) is 2.38. The summed E-state index contributed by atoms with van der Waals surface area (Å²) in [5.74, 6) is 0. The van der Waals surface area contributed by atoms with Crippen LogP contribution in [-0.2, 0) is 11.3 Å². The second-order valence-corrected chi connectivity index (χ2v) is 3.36. The predicted octanol–water partition coefficient (Wildman–Crippen LogP) is 0.693. The molecule has 2 heterocycles. The molecule has 4 heteroatoms. The molecular weight excluding hydrogens is 166 g/mol. The Morgan fingerprint density at radius 1 is 1.69 bits per heavy atom. The van der Waals surface area contributed by atoms with Crippen molar-refractivity contribution in [1.29, 1.82) is 0 Å². The fraction of sp³-hybridized carbons (Fsp3) is 0.667. The molecule has 1 saturated heterocycles. The lowest BCUT2D eigenvalue weighted by Crippen LogP contribution is -2.21. The zero-order valence-electron chi connectivity index (χ0n) is 7.65. The topological polar surface area (TPSA) is 53.1 Å². The summed E-state index contributed by atoms with van der Waals surface area (Å²) in [5.41, 5.74) is 6.44. The van der Waals surface area contributed by atoms with Crippen LogP contribution in [0.25, 0.3) is 0 Å². The Kier molecular flexibility index (Phi) is 2.61. The van der Waals surface area contributed by atoms with Crippen LogP contribution >= 0.6 is 0 Å². The number of rotatable bonds is 2. The highest BCUT2D eigenvalue weighted by Gasteiger charge is 2.15. The maximum absolute atomic E-state index is 5.49. The van der Waals surface area contributed by atoms with Crippen LogP contribution in [0, 0.1) is 0 Å². The van der Waals surface area contributed by atoms with Gasteiger partial charge in [-0.3, -0.25) is 4.68 Å². The first-order valence-electron chi connectivity index (χ1n) is 4.72. The summed E-state index contributed by atoms with van der Waals surface area (Å²) < 4.78 is 7.36. The molecular formula is C9H15N3O. The van der Waals surface area contributed by atoms with Gasteiger partial charge in [0.15, 0.2) is 0 Å². The molecule has 13 heavy (non-hydrogen) atoms. The lowest BCUT2D eigenvalue weighted by atomic mass is 10.1. The standard InChI is InChI=1S/C9H15N3O/c10-6-8-3-4-12(11-8)9-2-1-5-13-7-9/h3-4,9H,1-2,5-7,10H2. The number of nitrogens with zero attached hydrogens (tertiary/aromatic N) is 2. The Morgan fingerprint density at radius 2 is 2.62 bits per heavy atom. The smallest absolute Gasteiger partial charge is 0.0760 e. The van der Waals surface area contributed by atoms with Gasteiger partial charge in [-0.05, 0) is 18.9 Å². The molecule has 0 amide bonds. The van der Waals surface area contributed by atoms with Gasteiger partial charge in [-0.1, -0.05) is 0 Å². The molecule has 72 valence electrons. The molecule has 4 nitrogen and oxygen atoms in total. The van der Waals surface area contributed by atoms with Gasteiger partial charge in [0.1, 0.15) is 0 Å². The van der Waals surface area contributed by atoms with E-state index in [0.717, 1.165) is 31.7 Å². The van der Waals surface area contributed by atoms with Crippen molar-refractivity contribution in [3.8, 4) is 0 Å². The summed E-state index contributed by atoms with van der Waals surface area (Å²) in [6.45, 7) is 2.19. The molecule has 1 aliphatic heterocycles. The number of hydrogen-bond donors (Lipinski definition) is 1. The first-order valence-corrected chi connectivity index (χ1v) is 4.72. The quantitative estimate of drug-likeness (QED) is 0.730. The zero-order valence-corrected chi connectivity index (χ0v) is 7.65. The van der Waals surface area contributed by atoms with E-state index in [1.807, 2.05) is 16.9 Å². The maximum atomic E-state index is 5.49. The van der Waals surface area contributed by atoms with Crippen LogP contribution in [0.5, 0.6) is 0 Å². The first-order chi connectivity index (χ1) is 6.40. The van der Waals surface area contributed by atoms with Crippen LogP contribution < -0.4 is 5.73 Å². The minimum Gasteiger partial charge on any atom is -0.379 e. The van der Waals surface area contributed by atoms with Crippen molar-refractivity contribution in [2.45, 2.75) is 25.4 Å². The molecule has 0 radical (unpaired) electrons. The number of aromatic nitrogens is 2. The van der Waals surface area contributed by atoms with Crippen molar-refractivity contribution in [3.05, 3.63) is 18.0 Å². The van der Waals surface area contributed by atoms with Crippen LogP contribution in [0.2, 0.25) is 0 Å². The van der Waals surface area contributed by atoms with Gasteiger partial charge < -0.3 is 10.5 Å². The third-order valence-corrected chi connectivity index (χ3v) is 2.38. The molecule has 0 aromatic carbocycles. The van der Waals surface area contributed by atoms with E-state index in [9.17, 15) is 0 Å². The third kappa shape index (κ3) is 1.89. The Labute approximate surface area is 77.7 Å². The van der Waals surface area contributed by atoms with Crippen molar-refractivity contribution < 1.29 is 4.74 Å². The van der Waals surface area contributed by atoms with Gasteiger partial charge in [0, 0.05) is 19.3 Å². The average molecular weight is 181 g/mol. The van der Waals surface area contributed by atoms with Gasteiger partial charge >= 0.3 is 0 Å². The molecule has 0 bridgehead atoms. The van der Waals surface area contributed by atoms with Gasteiger partial charge in [0.05, 0.1) is 18.3 Å². The second-order valence-electron chi connectivity index (χ2n) is 3.36. The number of hydrogen-bond acceptors (Lipinski definition) is 3. The number of nitrogens with two attached hydrogens (primary N) is 1. The predicted molar refractivity (Wildman–Crippen MR) is 49.2 cm³/mol. The van der Waals surface area contributed by atoms with Crippen molar-refractivity contribution in [2.24, 2.45) is 5.73 Å². The van der Waals surface area contributed by atoms with E-state index in [2.05, 4.69) is 5.10 Å². The second kappa shape index (κ2) is 3.89. The molecule has 0 spiro atoms. The van der Waals surface area contributed by atoms with Gasteiger partial charge in [0.2, 0.25) is 0 Å². The Morgan fingerprint density at radius 3 is 3.23 bits per heavy atom. The van der Waals surface area contributed by atoms with E-state index >= 15 is 0 Å². The lowest BCUT2D eigenvalue weighted by Gasteiger charge is -2.22. The Balaban J connectivity index is 2.05. The maximum Gasteiger partial charge on any atom is 0.0760 e. The Hall–Kier alpha value is -0.870. The van der Waals surface area contributed by atoms with Crippen LogP contribution in [-0.4, -0.2) is 23.0 Å². The zero-order chi connectivity index (χ0) is 9.10. The van der Waals surface area contributed by atoms with Crippen molar-refractivity contribution in [3.63, 3.8) is 0 Å². The van der Waals surface area contributed by atoms with Crippen molar-refractivity contribution in [1.82, 2.24) is 9.78 Å². The minimum atomic E-state index is 0.411. The first kappa shape index (κ1) is 8.72. The molecule has 1 fully saturated rings. The van der Waals surface area contributed by atoms with Crippen molar-refractivity contribution in [2.75, 3.05) is 13.2 Å². The molecule has 0 aliphatic carbocycles. The van der Waals surface area contributed by atoms with E-state index < -0.39 is 0 Å². The summed E-state index contributed by atoms with van der Waals surface area (Å²) in [4.78, 5) is 0. The summed E-state index contributed by atoms with van der Waals surface area (Å²) in [6.07, 6.45) is 4.27.